The fraction of sp³-hybridized carbons (Fsp3) is 0.500. The monoisotopic (exact) mass is 342 g/mol. The average Bonchev–Trinajstić information content (AvgIpc) is 3.41. The molecule has 0 bridgehead atoms. The Kier molecular flexibility index (Phi) is 4.19. The Labute approximate surface area is 142 Å². The molecule has 1 aliphatic carbocycles. The molecule has 1 aliphatic rings. The lowest BCUT2D eigenvalue weighted by molar-refractivity contribution is 0.0944. The highest BCUT2D eigenvalue weighted by Crippen LogP contribution is 2.28. The molecule has 4 rings (SSSR count). The minimum Gasteiger partial charge on any atom is -0.343 e. The fourth-order valence-electron chi connectivity index (χ4n) is 3.12. The second kappa shape index (κ2) is 6.79. The summed E-state index contributed by atoms with van der Waals surface area (Å²) in [6.45, 7) is 0.314. The number of carbonyl (C=O) groups is 1. The van der Waals surface area contributed by atoms with Crippen LogP contribution in [-0.2, 0) is 6.54 Å². The summed E-state index contributed by atoms with van der Waals surface area (Å²) in [6.07, 6.45) is 9.16. The number of hydrogen-bond donors (Lipinski definition) is 2. The number of H-pyrrole nitrogens is 1. The number of amides is 1. The molecule has 3 aromatic rings. The van der Waals surface area contributed by atoms with Crippen molar-refractivity contribution >= 4 is 5.91 Å². The third-order valence-electron chi connectivity index (χ3n) is 4.42. The molecule has 0 aromatic carbocycles. The number of aromatic amines is 1. The van der Waals surface area contributed by atoms with Crippen LogP contribution in [0.1, 0.15) is 54.5 Å². The highest BCUT2D eigenvalue weighted by molar-refractivity contribution is 5.92. The van der Waals surface area contributed by atoms with Crippen molar-refractivity contribution in [2.45, 2.75) is 44.7 Å². The molecule has 1 amide bonds. The van der Waals surface area contributed by atoms with Crippen LogP contribution in [-0.4, -0.2) is 51.1 Å². The van der Waals surface area contributed by atoms with E-state index in [0.29, 0.717) is 24.1 Å². The van der Waals surface area contributed by atoms with E-state index >= 15 is 0 Å². The normalized spacial score (nSPS) is 15.4. The molecule has 0 spiro atoms. The van der Waals surface area contributed by atoms with Crippen LogP contribution in [0.5, 0.6) is 0 Å². The number of rotatable bonds is 5. The number of nitrogens with one attached hydrogen (secondary N) is 2. The Balaban J connectivity index is 1.40. The highest BCUT2D eigenvalue weighted by atomic mass is 16.1. The van der Waals surface area contributed by atoms with Crippen molar-refractivity contribution in [2.75, 3.05) is 0 Å². The van der Waals surface area contributed by atoms with Crippen molar-refractivity contribution in [1.29, 1.82) is 0 Å². The van der Waals surface area contributed by atoms with Crippen molar-refractivity contribution in [1.82, 2.24) is 50.5 Å². The molecule has 1 fully saturated rings. The van der Waals surface area contributed by atoms with Gasteiger partial charge in [0.15, 0.2) is 11.6 Å². The second-order valence-corrected chi connectivity index (χ2v) is 6.02. The van der Waals surface area contributed by atoms with Crippen molar-refractivity contribution in [3.8, 4) is 5.82 Å². The maximum Gasteiger partial charge on any atom is 0.269 e. The van der Waals surface area contributed by atoms with E-state index < -0.39 is 0 Å². The van der Waals surface area contributed by atoms with Crippen LogP contribution in [0.2, 0.25) is 0 Å². The van der Waals surface area contributed by atoms with E-state index in [0.717, 1.165) is 18.7 Å². The summed E-state index contributed by atoms with van der Waals surface area (Å²) in [5, 5.41) is 28.5. The molecule has 0 saturated heterocycles. The quantitative estimate of drug-likeness (QED) is 0.686. The van der Waals surface area contributed by atoms with Crippen LogP contribution >= 0.6 is 0 Å². The van der Waals surface area contributed by atoms with E-state index in [2.05, 4.69) is 45.8 Å². The molecule has 11 nitrogen and oxygen atoms in total. The van der Waals surface area contributed by atoms with Gasteiger partial charge >= 0.3 is 0 Å². The third kappa shape index (κ3) is 3.25. The van der Waals surface area contributed by atoms with E-state index in [1.54, 1.807) is 12.4 Å². The van der Waals surface area contributed by atoms with E-state index in [4.69, 9.17) is 0 Å². The second-order valence-electron chi connectivity index (χ2n) is 6.02. The van der Waals surface area contributed by atoms with Gasteiger partial charge in [-0.05, 0) is 23.3 Å². The lowest BCUT2D eigenvalue weighted by Gasteiger charge is -2.23. The first-order chi connectivity index (χ1) is 12.3. The Hall–Kier alpha value is -3.11. The summed E-state index contributed by atoms with van der Waals surface area (Å²) in [7, 11) is 0. The van der Waals surface area contributed by atoms with E-state index in [1.807, 2.05) is 0 Å². The van der Waals surface area contributed by atoms with E-state index in [-0.39, 0.29) is 5.91 Å². The van der Waals surface area contributed by atoms with Crippen molar-refractivity contribution in [2.24, 2.45) is 0 Å². The van der Waals surface area contributed by atoms with Crippen LogP contribution in [0.25, 0.3) is 5.82 Å². The fourth-order valence-corrected chi connectivity index (χ4v) is 3.12. The van der Waals surface area contributed by atoms with Crippen LogP contribution in [0.3, 0.4) is 0 Å². The van der Waals surface area contributed by atoms with Gasteiger partial charge in [-0.25, -0.2) is 0 Å². The van der Waals surface area contributed by atoms with Crippen molar-refractivity contribution in [3.63, 3.8) is 0 Å². The molecular weight excluding hydrogens is 324 g/mol. The van der Waals surface area contributed by atoms with E-state index in [1.165, 1.54) is 30.3 Å². The molecular formula is C14H18N10O. The van der Waals surface area contributed by atoms with Gasteiger partial charge < -0.3 is 9.88 Å². The topological polar surface area (TPSA) is 132 Å². The Morgan fingerprint density at radius 3 is 2.92 bits per heavy atom. The molecule has 2 N–H and O–H groups in total. The number of aromatic nitrogens is 9. The zero-order valence-electron chi connectivity index (χ0n) is 13.5. The minimum absolute atomic E-state index is 0.273. The minimum atomic E-state index is -0.273. The summed E-state index contributed by atoms with van der Waals surface area (Å²) in [4.78, 5) is 12.3. The molecule has 0 atom stereocenters. The predicted octanol–water partition coefficient (Wildman–Crippen LogP) is 0.412. The first kappa shape index (κ1) is 15.4. The SMILES string of the molecule is O=C(NCc1nncn1C1CCCCC1)c1cc(-n2cnnn2)n[nH]1. The zero-order chi connectivity index (χ0) is 17.1. The highest BCUT2D eigenvalue weighted by Gasteiger charge is 2.19. The summed E-state index contributed by atoms with van der Waals surface area (Å²) < 4.78 is 3.45. The van der Waals surface area contributed by atoms with Gasteiger partial charge in [0.2, 0.25) is 0 Å². The molecule has 3 aromatic heterocycles. The Morgan fingerprint density at radius 1 is 1.24 bits per heavy atom. The molecule has 1 saturated carbocycles. The summed E-state index contributed by atoms with van der Waals surface area (Å²) in [5.41, 5.74) is 0.328. The standard InChI is InChI=1S/C14H18N10O/c25-14(11-6-12(20-18-11)24-9-17-21-22-24)15-7-13-19-16-8-23(13)10-4-2-1-3-5-10/h6,8-10H,1-5,7H2,(H,15,25)(H,18,20). The molecule has 0 radical (unpaired) electrons. The largest absolute Gasteiger partial charge is 0.343 e. The summed E-state index contributed by atoms with van der Waals surface area (Å²) in [6, 6.07) is 2.01. The van der Waals surface area contributed by atoms with Crippen LogP contribution in [0.15, 0.2) is 18.7 Å². The van der Waals surface area contributed by atoms with Gasteiger partial charge in [-0.15, -0.1) is 15.3 Å². The predicted molar refractivity (Wildman–Crippen MR) is 84.6 cm³/mol. The smallest absolute Gasteiger partial charge is 0.269 e. The van der Waals surface area contributed by atoms with Crippen molar-refractivity contribution < 1.29 is 4.79 Å². The zero-order valence-corrected chi connectivity index (χ0v) is 13.5. The molecule has 0 unspecified atom stereocenters. The third-order valence-corrected chi connectivity index (χ3v) is 4.42. The first-order valence-electron chi connectivity index (χ1n) is 8.26. The maximum atomic E-state index is 12.3. The number of carbonyl (C=O) groups excluding carboxylic acids is 1. The van der Waals surface area contributed by atoms with Gasteiger partial charge in [0.25, 0.3) is 5.91 Å². The molecule has 0 aliphatic heterocycles. The molecule has 3 heterocycles. The molecule has 130 valence electrons. The summed E-state index contributed by atoms with van der Waals surface area (Å²) >= 11 is 0. The number of nitrogens with zero attached hydrogens (tertiary/aromatic N) is 8. The lowest BCUT2D eigenvalue weighted by Crippen LogP contribution is -2.26. The van der Waals surface area contributed by atoms with Crippen LogP contribution in [0, 0.1) is 0 Å². The van der Waals surface area contributed by atoms with Gasteiger partial charge in [-0.3, -0.25) is 9.89 Å². The van der Waals surface area contributed by atoms with Gasteiger partial charge in [0, 0.05) is 12.1 Å². The number of hydrogen-bond acceptors (Lipinski definition) is 7. The average molecular weight is 342 g/mol. The van der Waals surface area contributed by atoms with Crippen molar-refractivity contribution in [3.05, 3.63) is 30.2 Å². The van der Waals surface area contributed by atoms with Crippen LogP contribution in [0.4, 0.5) is 0 Å². The van der Waals surface area contributed by atoms with Gasteiger partial charge in [-0.1, -0.05) is 19.3 Å². The Morgan fingerprint density at radius 2 is 2.12 bits per heavy atom. The summed E-state index contributed by atoms with van der Waals surface area (Å²) in [5.74, 6) is 0.936. The molecule has 25 heavy (non-hydrogen) atoms. The van der Waals surface area contributed by atoms with E-state index in [9.17, 15) is 4.79 Å². The molecule has 11 heteroatoms. The van der Waals surface area contributed by atoms with Gasteiger partial charge in [0.1, 0.15) is 18.3 Å². The van der Waals surface area contributed by atoms with Gasteiger partial charge in [0.05, 0.1) is 6.54 Å². The first-order valence-corrected chi connectivity index (χ1v) is 8.26. The lowest BCUT2D eigenvalue weighted by atomic mass is 9.95. The van der Waals surface area contributed by atoms with Crippen LogP contribution < -0.4 is 5.32 Å². The Bertz CT molecular complexity index is 830. The van der Waals surface area contributed by atoms with Gasteiger partial charge in [-0.2, -0.15) is 9.78 Å². The number of tetrazole rings is 1. The maximum absolute atomic E-state index is 12.3.